The number of aromatic nitrogens is 1. The number of rotatable bonds is 5. The van der Waals surface area contributed by atoms with Gasteiger partial charge in [0.25, 0.3) is 5.56 Å². The Kier molecular flexibility index (Phi) is 5.91. The van der Waals surface area contributed by atoms with E-state index in [0.29, 0.717) is 23.8 Å². The minimum Gasteiger partial charge on any atom is -0.467 e. The van der Waals surface area contributed by atoms with Gasteiger partial charge >= 0.3 is 0 Å². The number of aromatic amines is 1. The van der Waals surface area contributed by atoms with E-state index in [1.54, 1.807) is 6.26 Å². The van der Waals surface area contributed by atoms with Crippen LogP contribution in [-0.2, 0) is 13.1 Å². The third-order valence-corrected chi connectivity index (χ3v) is 5.74. The predicted octanol–water partition coefficient (Wildman–Crippen LogP) is 5.45. The first kappa shape index (κ1) is 20.9. The number of nitrogens with zero attached hydrogens (tertiary/aromatic N) is 1. The zero-order valence-corrected chi connectivity index (χ0v) is 18.7. The molecule has 31 heavy (non-hydrogen) atoms. The van der Waals surface area contributed by atoms with Gasteiger partial charge in [-0.25, -0.2) is 0 Å². The van der Waals surface area contributed by atoms with Gasteiger partial charge in [-0.05, 0) is 97.5 Å². The van der Waals surface area contributed by atoms with Crippen LogP contribution >= 0.6 is 12.2 Å². The fourth-order valence-corrected chi connectivity index (χ4v) is 3.81. The Labute approximate surface area is 186 Å². The van der Waals surface area contributed by atoms with Gasteiger partial charge in [0.1, 0.15) is 5.76 Å². The molecule has 0 spiro atoms. The first-order chi connectivity index (χ1) is 14.9. The SMILES string of the molecule is Cc1cccc(NC(=S)N(Cc2ccco2)Cc2cc3cc(C)c(C)cc3[nH]c2=O)c1. The van der Waals surface area contributed by atoms with Crippen molar-refractivity contribution in [3.8, 4) is 0 Å². The third-order valence-electron chi connectivity index (χ3n) is 5.38. The Morgan fingerprint density at radius 2 is 1.84 bits per heavy atom. The van der Waals surface area contributed by atoms with Crippen molar-refractivity contribution in [2.24, 2.45) is 0 Å². The summed E-state index contributed by atoms with van der Waals surface area (Å²) in [6.07, 6.45) is 1.64. The average Bonchev–Trinajstić information content (AvgIpc) is 3.23. The van der Waals surface area contributed by atoms with Crippen LogP contribution in [-0.4, -0.2) is 15.0 Å². The summed E-state index contributed by atoms with van der Waals surface area (Å²) in [7, 11) is 0. The van der Waals surface area contributed by atoms with Crippen molar-refractivity contribution in [3.63, 3.8) is 0 Å². The molecule has 0 amide bonds. The van der Waals surface area contributed by atoms with Crippen LogP contribution in [0.2, 0.25) is 0 Å². The summed E-state index contributed by atoms with van der Waals surface area (Å²) >= 11 is 5.71. The lowest BCUT2D eigenvalue weighted by Crippen LogP contribution is -2.35. The molecule has 2 heterocycles. The quantitative estimate of drug-likeness (QED) is 0.412. The van der Waals surface area contributed by atoms with E-state index in [1.807, 2.05) is 67.3 Å². The van der Waals surface area contributed by atoms with Gasteiger partial charge in [-0.1, -0.05) is 12.1 Å². The molecule has 0 unspecified atom stereocenters. The van der Waals surface area contributed by atoms with Crippen molar-refractivity contribution in [2.75, 3.05) is 5.32 Å². The standard InChI is InChI=1S/C25H25N3O2S/c1-16-6-4-7-21(10-16)26-25(31)28(15-22-8-5-9-30-22)14-20-13-19-11-17(2)18(3)12-23(19)27-24(20)29/h4-13H,14-15H2,1-3H3,(H,26,31)(H,27,29). The van der Waals surface area contributed by atoms with Gasteiger partial charge in [0, 0.05) is 16.8 Å². The highest BCUT2D eigenvalue weighted by Crippen LogP contribution is 2.19. The molecule has 0 aliphatic rings. The van der Waals surface area contributed by atoms with E-state index in [-0.39, 0.29) is 5.56 Å². The number of thiocarbonyl (C=S) groups is 1. The molecule has 5 nitrogen and oxygen atoms in total. The zero-order chi connectivity index (χ0) is 22.0. The molecule has 0 aliphatic heterocycles. The Hall–Kier alpha value is -3.38. The van der Waals surface area contributed by atoms with Crippen LogP contribution < -0.4 is 10.9 Å². The van der Waals surface area contributed by atoms with Crippen molar-refractivity contribution < 1.29 is 4.42 Å². The van der Waals surface area contributed by atoms with Crippen LogP contribution in [0.15, 0.2) is 70.1 Å². The molecule has 0 saturated carbocycles. The van der Waals surface area contributed by atoms with E-state index in [9.17, 15) is 4.79 Å². The number of anilines is 1. The second-order valence-electron chi connectivity index (χ2n) is 7.88. The Morgan fingerprint density at radius 3 is 2.58 bits per heavy atom. The topological polar surface area (TPSA) is 61.3 Å². The molecule has 0 radical (unpaired) electrons. The monoisotopic (exact) mass is 431 g/mol. The Balaban J connectivity index is 1.65. The minimum absolute atomic E-state index is 0.112. The summed E-state index contributed by atoms with van der Waals surface area (Å²) in [6, 6.07) is 17.8. The molecule has 158 valence electrons. The highest BCUT2D eigenvalue weighted by molar-refractivity contribution is 7.80. The van der Waals surface area contributed by atoms with Gasteiger partial charge in [-0.3, -0.25) is 4.79 Å². The molecule has 6 heteroatoms. The fraction of sp³-hybridized carbons (Fsp3) is 0.200. The predicted molar refractivity (Wildman–Crippen MR) is 129 cm³/mol. The summed E-state index contributed by atoms with van der Waals surface area (Å²) in [5, 5.41) is 4.83. The fourth-order valence-electron chi connectivity index (χ4n) is 3.56. The summed E-state index contributed by atoms with van der Waals surface area (Å²) in [5.74, 6) is 0.775. The molecular weight excluding hydrogens is 406 g/mol. The highest BCUT2D eigenvalue weighted by Gasteiger charge is 2.16. The number of fused-ring (bicyclic) bond motifs is 1. The van der Waals surface area contributed by atoms with Crippen LogP contribution in [0.25, 0.3) is 10.9 Å². The van der Waals surface area contributed by atoms with Gasteiger partial charge in [0.2, 0.25) is 0 Å². The smallest absolute Gasteiger partial charge is 0.253 e. The molecule has 2 aromatic carbocycles. The van der Waals surface area contributed by atoms with Crippen molar-refractivity contribution in [1.29, 1.82) is 0 Å². The minimum atomic E-state index is -0.112. The maximum absolute atomic E-state index is 12.8. The number of pyridine rings is 1. The van der Waals surface area contributed by atoms with Crippen LogP contribution in [0, 0.1) is 20.8 Å². The Morgan fingerprint density at radius 1 is 1.03 bits per heavy atom. The van der Waals surface area contributed by atoms with E-state index in [0.717, 1.165) is 33.5 Å². The van der Waals surface area contributed by atoms with Crippen LogP contribution in [0.1, 0.15) is 28.0 Å². The first-order valence-corrected chi connectivity index (χ1v) is 10.6. The summed E-state index contributed by atoms with van der Waals surface area (Å²) < 4.78 is 5.54. The molecule has 4 aromatic rings. The largest absolute Gasteiger partial charge is 0.467 e. The molecule has 2 N–H and O–H groups in total. The number of hydrogen-bond acceptors (Lipinski definition) is 3. The maximum atomic E-state index is 12.8. The molecular formula is C25H25N3O2S. The third kappa shape index (κ3) is 4.86. The van der Waals surface area contributed by atoms with Gasteiger partial charge in [0.05, 0.1) is 19.4 Å². The van der Waals surface area contributed by atoms with Crippen LogP contribution in [0.4, 0.5) is 5.69 Å². The van der Waals surface area contributed by atoms with E-state index in [2.05, 4.69) is 23.3 Å². The number of H-pyrrole nitrogens is 1. The lowest BCUT2D eigenvalue weighted by molar-refractivity contribution is 0.359. The normalized spacial score (nSPS) is 10.9. The van der Waals surface area contributed by atoms with Crippen LogP contribution in [0.5, 0.6) is 0 Å². The number of benzene rings is 2. The molecule has 2 aromatic heterocycles. The van der Waals surface area contributed by atoms with Crippen molar-refractivity contribution in [2.45, 2.75) is 33.9 Å². The average molecular weight is 432 g/mol. The summed E-state index contributed by atoms with van der Waals surface area (Å²) in [5.41, 5.74) is 5.77. The zero-order valence-electron chi connectivity index (χ0n) is 17.9. The van der Waals surface area contributed by atoms with Gasteiger partial charge in [0.15, 0.2) is 5.11 Å². The van der Waals surface area contributed by atoms with E-state index < -0.39 is 0 Å². The molecule has 0 atom stereocenters. The first-order valence-electron chi connectivity index (χ1n) is 10.2. The Bertz CT molecular complexity index is 1290. The number of aryl methyl sites for hydroxylation is 3. The van der Waals surface area contributed by atoms with E-state index in [1.165, 1.54) is 5.56 Å². The molecule has 0 aliphatic carbocycles. The number of nitrogens with one attached hydrogen (secondary N) is 2. The molecule has 0 saturated heterocycles. The second kappa shape index (κ2) is 8.78. The lowest BCUT2D eigenvalue weighted by atomic mass is 10.0. The van der Waals surface area contributed by atoms with Crippen molar-refractivity contribution >= 4 is 33.9 Å². The molecule has 0 fully saturated rings. The van der Waals surface area contributed by atoms with Crippen molar-refractivity contribution in [3.05, 3.63) is 99.2 Å². The van der Waals surface area contributed by atoms with Crippen molar-refractivity contribution in [1.82, 2.24) is 9.88 Å². The van der Waals surface area contributed by atoms with Crippen LogP contribution in [0.3, 0.4) is 0 Å². The highest BCUT2D eigenvalue weighted by atomic mass is 32.1. The summed E-state index contributed by atoms with van der Waals surface area (Å²) in [6.45, 7) is 6.96. The number of hydrogen-bond donors (Lipinski definition) is 2. The van der Waals surface area contributed by atoms with Gasteiger partial charge in [-0.15, -0.1) is 0 Å². The second-order valence-corrected chi connectivity index (χ2v) is 8.27. The lowest BCUT2D eigenvalue weighted by Gasteiger charge is -2.25. The van der Waals surface area contributed by atoms with E-state index in [4.69, 9.17) is 16.6 Å². The van der Waals surface area contributed by atoms with E-state index >= 15 is 0 Å². The molecule has 0 bridgehead atoms. The van der Waals surface area contributed by atoms with Gasteiger partial charge in [-0.2, -0.15) is 0 Å². The molecule has 4 rings (SSSR count). The summed E-state index contributed by atoms with van der Waals surface area (Å²) in [4.78, 5) is 17.8. The van der Waals surface area contributed by atoms with Gasteiger partial charge < -0.3 is 19.6 Å². The maximum Gasteiger partial charge on any atom is 0.253 e. The number of furan rings is 1.